The van der Waals surface area contributed by atoms with E-state index in [-0.39, 0.29) is 18.9 Å². The fraction of sp³-hybridized carbons (Fsp3) is 0.608. The molecule has 12 atom stereocenters. The normalized spacial score (nSPS) is 23.7. The lowest BCUT2D eigenvalue weighted by Gasteiger charge is -2.46. The SMILES string of the molecule is CC/C=C\C/C=C\C/C=C\C/C=C\C/C=C\C/C=C\C/C=C\C/C=C\C/C=C\C/C=C\C/C=C\C/C=C\CCCCC(=O)NC(COC1OC(CO)C(OC2OC(CO)C(O)C(O)C2O)C(O)C1O)C(O)/C=C/CC/C=C/CC/C=C/CCCCCCCCCCCC. The first-order chi connectivity index (χ1) is 45.6. The Morgan fingerprint density at radius 1 is 0.398 bits per heavy atom. The van der Waals surface area contributed by atoms with Gasteiger partial charge in [-0.05, 0) is 135 Å². The highest BCUT2D eigenvalue weighted by Crippen LogP contribution is 2.30. The molecule has 9 N–H and O–H groups in total. The van der Waals surface area contributed by atoms with Crippen molar-refractivity contribution >= 4 is 5.91 Å². The lowest BCUT2D eigenvalue weighted by atomic mass is 9.97. The van der Waals surface area contributed by atoms with Crippen LogP contribution in [-0.4, -0.2) is 140 Å². The lowest BCUT2D eigenvalue weighted by Crippen LogP contribution is -2.65. The Labute approximate surface area is 561 Å². The number of allylic oxidation sites excluding steroid dienone is 29. The molecule has 14 nitrogen and oxygen atoms in total. The van der Waals surface area contributed by atoms with Crippen LogP contribution in [0.25, 0.3) is 0 Å². The minimum atomic E-state index is -1.81. The number of hydrogen-bond donors (Lipinski definition) is 9. The Morgan fingerprint density at radius 3 is 1.18 bits per heavy atom. The van der Waals surface area contributed by atoms with Crippen LogP contribution in [0.2, 0.25) is 0 Å². The van der Waals surface area contributed by atoms with Crippen molar-refractivity contribution < 1.29 is 64.6 Å². The van der Waals surface area contributed by atoms with Gasteiger partial charge < -0.3 is 65.1 Å². The molecule has 12 unspecified atom stereocenters. The first-order valence-electron chi connectivity index (χ1n) is 35.5. The molecule has 2 aliphatic heterocycles. The second kappa shape index (κ2) is 60.7. The van der Waals surface area contributed by atoms with Crippen LogP contribution >= 0.6 is 0 Å². The molecule has 2 saturated heterocycles. The van der Waals surface area contributed by atoms with Crippen molar-refractivity contribution in [3.8, 4) is 0 Å². The highest BCUT2D eigenvalue weighted by atomic mass is 16.7. The molecule has 0 aromatic carbocycles. The molecule has 0 radical (unpaired) electrons. The third-order valence-electron chi connectivity index (χ3n) is 15.8. The van der Waals surface area contributed by atoms with Gasteiger partial charge >= 0.3 is 0 Å². The van der Waals surface area contributed by atoms with Crippen molar-refractivity contribution in [2.75, 3.05) is 19.8 Å². The molecule has 1 amide bonds. The first-order valence-corrected chi connectivity index (χ1v) is 35.5. The van der Waals surface area contributed by atoms with Crippen molar-refractivity contribution in [3.05, 3.63) is 182 Å². The van der Waals surface area contributed by atoms with E-state index in [1.54, 1.807) is 6.08 Å². The number of hydrogen-bond acceptors (Lipinski definition) is 13. The van der Waals surface area contributed by atoms with E-state index in [2.05, 4.69) is 189 Å². The third-order valence-corrected chi connectivity index (χ3v) is 15.8. The van der Waals surface area contributed by atoms with Gasteiger partial charge in [0.15, 0.2) is 12.6 Å². The van der Waals surface area contributed by atoms with E-state index in [0.717, 1.165) is 116 Å². The Bertz CT molecular complexity index is 2270. The number of aliphatic hydroxyl groups excluding tert-OH is 8. The van der Waals surface area contributed by atoms with Crippen molar-refractivity contribution in [3.63, 3.8) is 0 Å². The summed E-state index contributed by atoms with van der Waals surface area (Å²) in [4.78, 5) is 13.3. The number of aliphatic hydroxyl groups is 8. The highest BCUT2D eigenvalue weighted by molar-refractivity contribution is 5.76. The van der Waals surface area contributed by atoms with E-state index in [4.69, 9.17) is 18.9 Å². The van der Waals surface area contributed by atoms with Crippen molar-refractivity contribution in [2.24, 2.45) is 0 Å². The van der Waals surface area contributed by atoms with Crippen molar-refractivity contribution in [2.45, 2.75) is 286 Å². The number of unbranched alkanes of at least 4 members (excludes halogenated alkanes) is 14. The van der Waals surface area contributed by atoms with Gasteiger partial charge in [0.2, 0.25) is 5.91 Å². The van der Waals surface area contributed by atoms with Gasteiger partial charge in [-0.3, -0.25) is 4.79 Å². The Kier molecular flexibility index (Phi) is 55.0. The predicted molar refractivity (Wildman–Crippen MR) is 382 cm³/mol. The number of rotatable bonds is 55. The molecule has 0 saturated carbocycles. The quantitative estimate of drug-likeness (QED) is 0.0204. The first kappa shape index (κ1) is 84.2. The van der Waals surface area contributed by atoms with E-state index >= 15 is 0 Å². The molecule has 0 spiro atoms. The monoisotopic (exact) mass is 1300 g/mol. The Balaban J connectivity index is 1.71. The zero-order valence-electron chi connectivity index (χ0n) is 56.9. The summed E-state index contributed by atoms with van der Waals surface area (Å²) in [7, 11) is 0. The number of carbonyl (C=O) groups excluding carboxylic acids is 1. The fourth-order valence-corrected chi connectivity index (χ4v) is 10.2. The van der Waals surface area contributed by atoms with E-state index in [0.29, 0.717) is 12.8 Å². The molecular weight excluding hydrogens is 1170 g/mol. The number of carbonyl (C=O) groups is 1. The summed E-state index contributed by atoms with van der Waals surface area (Å²) in [5.41, 5.74) is 0. The smallest absolute Gasteiger partial charge is 0.220 e. The van der Waals surface area contributed by atoms with E-state index in [9.17, 15) is 45.6 Å². The Hall–Kier alpha value is -4.91. The maximum atomic E-state index is 13.3. The minimum Gasteiger partial charge on any atom is -0.394 e. The molecule has 2 heterocycles. The van der Waals surface area contributed by atoms with Crippen LogP contribution in [0.4, 0.5) is 0 Å². The molecular formula is C79H125NO13. The van der Waals surface area contributed by atoms with E-state index in [1.807, 2.05) is 6.08 Å². The van der Waals surface area contributed by atoms with Crippen LogP contribution in [0.1, 0.15) is 213 Å². The maximum absolute atomic E-state index is 13.3. The van der Waals surface area contributed by atoms with Crippen LogP contribution in [-0.2, 0) is 23.7 Å². The molecule has 0 aromatic rings. The van der Waals surface area contributed by atoms with Gasteiger partial charge in [0.1, 0.15) is 48.8 Å². The predicted octanol–water partition coefficient (Wildman–Crippen LogP) is 14.9. The molecule has 0 aliphatic carbocycles. The minimum absolute atomic E-state index is 0.202. The summed E-state index contributed by atoms with van der Waals surface area (Å²) < 4.78 is 22.8. The molecule has 2 rings (SSSR count). The van der Waals surface area contributed by atoms with Crippen molar-refractivity contribution in [1.29, 1.82) is 0 Å². The summed E-state index contributed by atoms with van der Waals surface area (Å²) in [5.74, 6) is -0.303. The molecule has 93 heavy (non-hydrogen) atoms. The Morgan fingerprint density at radius 2 is 0.753 bits per heavy atom. The number of ether oxygens (including phenoxy) is 4. The van der Waals surface area contributed by atoms with Crippen molar-refractivity contribution in [1.82, 2.24) is 5.32 Å². The summed E-state index contributed by atoms with van der Waals surface area (Å²) in [6.07, 6.45) is 79.4. The number of nitrogens with one attached hydrogen (secondary N) is 1. The summed E-state index contributed by atoms with van der Waals surface area (Å²) in [6, 6.07) is -0.977. The molecule has 0 bridgehead atoms. The van der Waals surface area contributed by atoms with Gasteiger partial charge in [-0.2, -0.15) is 0 Å². The van der Waals surface area contributed by atoms with Gasteiger partial charge in [-0.15, -0.1) is 0 Å². The standard InChI is InChI=1S/C79H125NO13/c1-3-5-7-9-11-13-15-17-19-21-23-25-26-27-28-29-30-31-32-33-34-35-36-37-38-39-40-41-42-43-45-47-49-51-53-55-57-59-61-63-71(84)80-67(68(83)62-60-58-56-54-52-50-48-46-44-24-22-20-18-16-14-12-10-8-6-4-2)66-90-78-76(89)74(87)77(70(65-82)92-78)93-79-75(88)73(86)72(85)69(64-81)91-79/h5,7,11,13,17,19,23,25,27-28,30-31,33-34,36-37,39-40,42-44,46-47,49,52-55,60,62,67-70,72-79,81-83,85-89H,3-4,6,8-10,12,14-16,18,20-22,24,26,29,32,35,38,41,45,48,50-51,56-59,61,63-66H2,1-2H3,(H,80,84)/b7-5-,13-11-,19-17-,25-23-,28-27-,31-30-,34-33-,37-36-,40-39-,43-42-,46-44+,49-47-,54-52+,55-53-,62-60+. The second-order valence-corrected chi connectivity index (χ2v) is 23.9. The van der Waals surface area contributed by atoms with Crippen LogP contribution in [0.5, 0.6) is 0 Å². The zero-order chi connectivity index (χ0) is 67.3. The van der Waals surface area contributed by atoms with Crippen LogP contribution in [0.15, 0.2) is 182 Å². The van der Waals surface area contributed by atoms with E-state index in [1.165, 1.54) is 64.2 Å². The summed E-state index contributed by atoms with van der Waals surface area (Å²) in [6.45, 7) is 2.61. The van der Waals surface area contributed by atoms with Gasteiger partial charge in [-0.25, -0.2) is 0 Å². The van der Waals surface area contributed by atoms with Gasteiger partial charge in [-0.1, -0.05) is 254 Å². The summed E-state index contributed by atoms with van der Waals surface area (Å²) in [5, 5.41) is 87.3. The molecule has 2 fully saturated rings. The molecule has 2 aliphatic rings. The van der Waals surface area contributed by atoms with E-state index < -0.39 is 86.8 Å². The van der Waals surface area contributed by atoms with Gasteiger partial charge in [0.25, 0.3) is 0 Å². The molecule has 14 heteroatoms. The molecule has 0 aromatic heterocycles. The van der Waals surface area contributed by atoms with Gasteiger partial charge in [0.05, 0.1) is 32.0 Å². The maximum Gasteiger partial charge on any atom is 0.220 e. The number of amides is 1. The fourth-order valence-electron chi connectivity index (χ4n) is 10.2. The largest absolute Gasteiger partial charge is 0.394 e. The second-order valence-electron chi connectivity index (χ2n) is 23.9. The highest BCUT2D eigenvalue weighted by Gasteiger charge is 2.51. The topological polar surface area (TPSA) is 228 Å². The van der Waals surface area contributed by atoms with Gasteiger partial charge in [0, 0.05) is 6.42 Å². The van der Waals surface area contributed by atoms with Crippen LogP contribution in [0.3, 0.4) is 0 Å². The summed E-state index contributed by atoms with van der Waals surface area (Å²) >= 11 is 0. The molecule has 524 valence electrons. The van der Waals surface area contributed by atoms with Crippen LogP contribution in [0, 0.1) is 0 Å². The average Bonchev–Trinajstić information content (AvgIpc) is 0.854. The third kappa shape index (κ3) is 44.5. The van der Waals surface area contributed by atoms with Crippen LogP contribution < -0.4 is 5.32 Å². The lowest BCUT2D eigenvalue weighted by molar-refractivity contribution is -0.359. The zero-order valence-corrected chi connectivity index (χ0v) is 56.9. The average molecular weight is 1300 g/mol.